The molecule has 1 N–H and O–H groups in total. The topological polar surface area (TPSA) is 96.0 Å². The van der Waals surface area contributed by atoms with Crippen molar-refractivity contribution in [2.75, 3.05) is 30.8 Å². The van der Waals surface area contributed by atoms with Gasteiger partial charge in [0.15, 0.2) is 0 Å². The van der Waals surface area contributed by atoms with E-state index in [1.54, 1.807) is 38.1 Å². The van der Waals surface area contributed by atoms with Crippen LogP contribution in [0.1, 0.15) is 25.0 Å². The number of ether oxygens (including phenoxy) is 1. The Bertz CT molecular complexity index is 1040. The monoisotopic (exact) mass is 461 g/mol. The predicted molar refractivity (Wildman–Crippen MR) is 125 cm³/mol. The van der Waals surface area contributed by atoms with Crippen LogP contribution in [0.25, 0.3) is 0 Å². The summed E-state index contributed by atoms with van der Waals surface area (Å²) in [6.45, 7) is 5.51. The standard InChI is InChI=1S/C23H31N3O5S/c1-6-24-23(28)18(3)25(15-19-13-11-17(2)12-14-19)22(27)16-26(32(5,29)30)20-9-7-8-10-21(20)31-4/h7-14,18H,6,15-16H2,1-5H3,(H,24,28)/t18-/m1/s1. The quantitative estimate of drug-likeness (QED) is 0.586. The average molecular weight is 462 g/mol. The first kappa shape index (κ1) is 25.2. The molecule has 0 heterocycles. The fraction of sp³-hybridized carbons (Fsp3) is 0.391. The van der Waals surface area contributed by atoms with Crippen molar-refractivity contribution in [3.8, 4) is 5.75 Å². The number of rotatable bonds is 10. The van der Waals surface area contributed by atoms with Gasteiger partial charge in [0.05, 0.1) is 19.1 Å². The Labute approximate surface area is 190 Å². The van der Waals surface area contributed by atoms with Crippen molar-refractivity contribution in [1.29, 1.82) is 0 Å². The van der Waals surface area contributed by atoms with Crippen LogP contribution in [0.4, 0.5) is 5.69 Å². The molecule has 2 rings (SSSR count). The van der Waals surface area contributed by atoms with Gasteiger partial charge in [-0.3, -0.25) is 13.9 Å². The number of aryl methyl sites for hydroxylation is 1. The molecule has 0 spiro atoms. The SMILES string of the molecule is CCNC(=O)[C@@H](C)N(Cc1ccc(C)cc1)C(=O)CN(c1ccccc1OC)S(C)(=O)=O. The fourth-order valence-electron chi connectivity index (χ4n) is 3.23. The van der Waals surface area contributed by atoms with Crippen molar-refractivity contribution in [2.45, 2.75) is 33.4 Å². The maximum absolute atomic E-state index is 13.4. The Balaban J connectivity index is 2.41. The van der Waals surface area contributed by atoms with E-state index in [0.29, 0.717) is 12.3 Å². The van der Waals surface area contributed by atoms with Gasteiger partial charge in [0, 0.05) is 13.1 Å². The van der Waals surface area contributed by atoms with Crippen molar-refractivity contribution in [2.24, 2.45) is 0 Å². The number of methoxy groups -OCH3 is 1. The first-order chi connectivity index (χ1) is 15.1. The summed E-state index contributed by atoms with van der Waals surface area (Å²) >= 11 is 0. The summed E-state index contributed by atoms with van der Waals surface area (Å²) in [5, 5.41) is 2.72. The highest BCUT2D eigenvalue weighted by Gasteiger charge is 2.30. The normalized spacial score (nSPS) is 12.0. The van der Waals surface area contributed by atoms with Gasteiger partial charge in [-0.1, -0.05) is 42.0 Å². The molecule has 0 aliphatic carbocycles. The number of nitrogens with zero attached hydrogens (tertiary/aromatic N) is 2. The third kappa shape index (κ3) is 6.46. The van der Waals surface area contributed by atoms with Gasteiger partial charge in [0.1, 0.15) is 18.3 Å². The van der Waals surface area contributed by atoms with Crippen LogP contribution in [0, 0.1) is 6.92 Å². The van der Waals surface area contributed by atoms with Gasteiger partial charge in [-0.2, -0.15) is 0 Å². The zero-order valence-corrected chi connectivity index (χ0v) is 20.0. The maximum Gasteiger partial charge on any atom is 0.244 e. The highest BCUT2D eigenvalue weighted by Crippen LogP contribution is 2.29. The van der Waals surface area contributed by atoms with Gasteiger partial charge in [-0.25, -0.2) is 8.42 Å². The van der Waals surface area contributed by atoms with Gasteiger partial charge in [-0.05, 0) is 38.5 Å². The van der Waals surface area contributed by atoms with E-state index in [0.717, 1.165) is 21.7 Å². The molecule has 8 nitrogen and oxygen atoms in total. The van der Waals surface area contributed by atoms with Gasteiger partial charge >= 0.3 is 0 Å². The molecular weight excluding hydrogens is 430 g/mol. The summed E-state index contributed by atoms with van der Waals surface area (Å²) in [5.41, 5.74) is 2.16. The molecule has 32 heavy (non-hydrogen) atoms. The van der Waals surface area contributed by atoms with Gasteiger partial charge < -0.3 is 15.0 Å². The van der Waals surface area contributed by atoms with Crippen LogP contribution >= 0.6 is 0 Å². The lowest BCUT2D eigenvalue weighted by atomic mass is 10.1. The summed E-state index contributed by atoms with van der Waals surface area (Å²) < 4.78 is 31.5. The van der Waals surface area contributed by atoms with E-state index in [1.165, 1.54) is 12.0 Å². The number of carbonyl (C=O) groups excluding carboxylic acids is 2. The van der Waals surface area contributed by atoms with E-state index in [9.17, 15) is 18.0 Å². The fourth-order valence-corrected chi connectivity index (χ4v) is 4.08. The second-order valence-electron chi connectivity index (χ2n) is 7.52. The number of para-hydroxylation sites is 2. The predicted octanol–water partition coefficient (Wildman–Crippen LogP) is 2.32. The van der Waals surface area contributed by atoms with Gasteiger partial charge in [0.25, 0.3) is 0 Å². The van der Waals surface area contributed by atoms with Crippen LogP contribution in [0.2, 0.25) is 0 Å². The van der Waals surface area contributed by atoms with E-state index in [1.807, 2.05) is 31.2 Å². The van der Waals surface area contributed by atoms with Crippen LogP contribution < -0.4 is 14.4 Å². The number of amides is 2. The Morgan fingerprint density at radius 3 is 2.28 bits per heavy atom. The maximum atomic E-state index is 13.4. The lowest BCUT2D eigenvalue weighted by molar-refractivity contribution is -0.139. The number of benzene rings is 2. The molecule has 0 fully saturated rings. The Morgan fingerprint density at radius 2 is 1.72 bits per heavy atom. The molecular formula is C23H31N3O5S. The molecule has 0 aliphatic heterocycles. The van der Waals surface area contributed by atoms with Crippen LogP contribution in [0.5, 0.6) is 5.75 Å². The third-order valence-corrected chi connectivity index (χ3v) is 6.15. The third-order valence-electron chi connectivity index (χ3n) is 5.02. The molecule has 0 aromatic heterocycles. The van der Waals surface area contributed by atoms with E-state index in [4.69, 9.17) is 4.74 Å². The minimum Gasteiger partial charge on any atom is -0.495 e. The minimum absolute atomic E-state index is 0.168. The number of carbonyl (C=O) groups is 2. The van der Waals surface area contributed by atoms with Crippen molar-refractivity contribution in [3.05, 3.63) is 59.7 Å². The van der Waals surface area contributed by atoms with Crippen molar-refractivity contribution in [1.82, 2.24) is 10.2 Å². The highest BCUT2D eigenvalue weighted by molar-refractivity contribution is 7.92. The van der Waals surface area contributed by atoms with Crippen molar-refractivity contribution >= 4 is 27.5 Å². The molecule has 2 aromatic carbocycles. The molecule has 9 heteroatoms. The Kier molecular flexibility index (Phi) is 8.65. The van der Waals surface area contributed by atoms with Gasteiger partial charge in [-0.15, -0.1) is 0 Å². The molecule has 2 amide bonds. The molecule has 0 unspecified atom stereocenters. The van der Waals surface area contributed by atoms with Crippen LogP contribution in [-0.4, -0.2) is 57.6 Å². The molecule has 174 valence electrons. The summed E-state index contributed by atoms with van der Waals surface area (Å²) in [5.74, 6) is -0.482. The van der Waals surface area contributed by atoms with Crippen LogP contribution in [0.3, 0.4) is 0 Å². The number of anilines is 1. The number of hydrogen-bond acceptors (Lipinski definition) is 5. The number of sulfonamides is 1. The molecule has 0 saturated heterocycles. The van der Waals surface area contributed by atoms with E-state index < -0.39 is 28.5 Å². The molecule has 0 saturated carbocycles. The summed E-state index contributed by atoms with van der Waals surface area (Å²) in [6.07, 6.45) is 1.03. The zero-order chi connectivity index (χ0) is 23.9. The summed E-state index contributed by atoms with van der Waals surface area (Å²) in [4.78, 5) is 27.3. The smallest absolute Gasteiger partial charge is 0.244 e. The van der Waals surface area contributed by atoms with E-state index >= 15 is 0 Å². The Morgan fingerprint density at radius 1 is 1.09 bits per heavy atom. The number of hydrogen-bond donors (Lipinski definition) is 1. The van der Waals surface area contributed by atoms with Crippen molar-refractivity contribution in [3.63, 3.8) is 0 Å². The minimum atomic E-state index is -3.81. The van der Waals surface area contributed by atoms with E-state index in [-0.39, 0.29) is 18.1 Å². The second kappa shape index (κ2) is 11.0. The number of nitrogens with one attached hydrogen (secondary N) is 1. The largest absolute Gasteiger partial charge is 0.495 e. The summed E-state index contributed by atoms with van der Waals surface area (Å²) in [6, 6.07) is 13.4. The molecule has 0 aliphatic rings. The summed E-state index contributed by atoms with van der Waals surface area (Å²) in [7, 11) is -2.38. The zero-order valence-electron chi connectivity index (χ0n) is 19.2. The lowest BCUT2D eigenvalue weighted by Gasteiger charge is -2.31. The van der Waals surface area contributed by atoms with Crippen LogP contribution in [-0.2, 0) is 26.2 Å². The second-order valence-corrected chi connectivity index (χ2v) is 9.43. The lowest BCUT2D eigenvalue weighted by Crippen LogP contribution is -2.51. The molecule has 0 bridgehead atoms. The molecule has 0 radical (unpaired) electrons. The molecule has 2 aromatic rings. The number of likely N-dealkylation sites (N-methyl/N-ethyl adjacent to an activating group) is 1. The first-order valence-corrected chi connectivity index (χ1v) is 12.2. The van der Waals surface area contributed by atoms with Crippen molar-refractivity contribution < 1.29 is 22.7 Å². The Hall–Kier alpha value is -3.07. The van der Waals surface area contributed by atoms with Crippen LogP contribution in [0.15, 0.2) is 48.5 Å². The highest BCUT2D eigenvalue weighted by atomic mass is 32.2. The van der Waals surface area contributed by atoms with Gasteiger partial charge in [0.2, 0.25) is 21.8 Å². The van der Waals surface area contributed by atoms with E-state index in [2.05, 4.69) is 5.32 Å². The molecule has 1 atom stereocenters. The average Bonchev–Trinajstić information content (AvgIpc) is 2.75. The first-order valence-electron chi connectivity index (χ1n) is 10.3.